The fourth-order valence-corrected chi connectivity index (χ4v) is 2.67. The average molecular weight is 474 g/mol. The first-order valence-corrected chi connectivity index (χ1v) is 10.9. The first-order valence-electron chi connectivity index (χ1n) is 10.9. The Morgan fingerprint density at radius 1 is 0.758 bits per heavy atom. The lowest BCUT2D eigenvalue weighted by atomic mass is 9.91. The fraction of sp³-hybridized carbons (Fsp3) is 0.826. The normalized spacial score (nSPS) is 24.9. The van der Waals surface area contributed by atoms with Gasteiger partial charge >= 0.3 is 23.9 Å². The Balaban J connectivity index is 3.47. The zero-order valence-electron chi connectivity index (χ0n) is 21.3. The highest BCUT2D eigenvalue weighted by Crippen LogP contribution is 2.31. The van der Waals surface area contributed by atoms with Crippen LogP contribution in [0.5, 0.6) is 0 Å². The summed E-state index contributed by atoms with van der Waals surface area (Å²) in [5.41, 5.74) is 3.35. The number of carbonyl (C=O) groups is 4. The second kappa shape index (κ2) is 10.4. The zero-order valence-corrected chi connectivity index (χ0v) is 21.3. The van der Waals surface area contributed by atoms with Crippen molar-refractivity contribution in [3.05, 3.63) is 0 Å². The van der Waals surface area contributed by atoms with Crippen molar-refractivity contribution in [1.82, 2.24) is 0 Å². The molecule has 33 heavy (non-hydrogen) atoms. The van der Waals surface area contributed by atoms with Crippen molar-refractivity contribution in [3.8, 4) is 0 Å². The van der Waals surface area contributed by atoms with Gasteiger partial charge in [-0.3, -0.25) is 19.2 Å². The van der Waals surface area contributed by atoms with Crippen molar-refractivity contribution in [2.24, 2.45) is 22.0 Å². The molecule has 0 aromatic heterocycles. The van der Waals surface area contributed by atoms with Crippen molar-refractivity contribution in [3.63, 3.8) is 0 Å². The lowest BCUT2D eigenvalue weighted by Crippen LogP contribution is -2.64. The van der Waals surface area contributed by atoms with Crippen molar-refractivity contribution in [2.75, 3.05) is 13.7 Å². The summed E-state index contributed by atoms with van der Waals surface area (Å²) in [6.45, 7) is 14.6. The fourth-order valence-electron chi connectivity index (χ4n) is 2.67. The van der Waals surface area contributed by atoms with Gasteiger partial charge in [-0.05, 0) is 62.3 Å². The van der Waals surface area contributed by atoms with E-state index in [-0.39, 0.29) is 6.61 Å². The van der Waals surface area contributed by atoms with Crippen LogP contribution >= 0.6 is 0 Å². The SMILES string of the molecule is COC(=O)[C@@H](N)[C@@H]1OC[C@H](OC(=O)C(C)(C)C)[C@H](OC(=O)C(C)(C)C)[C@H]1OC(=O)C(C)(C)C. The number of esters is 4. The molecular formula is C23H39NO9. The summed E-state index contributed by atoms with van der Waals surface area (Å²) in [5, 5.41) is 0. The molecule has 10 nitrogen and oxygen atoms in total. The molecule has 0 aromatic carbocycles. The predicted octanol–water partition coefficient (Wildman–Crippen LogP) is 1.76. The van der Waals surface area contributed by atoms with Crippen LogP contribution < -0.4 is 5.73 Å². The maximum atomic E-state index is 12.8. The minimum absolute atomic E-state index is 0.233. The maximum Gasteiger partial charge on any atom is 0.325 e. The Labute approximate surface area is 195 Å². The molecule has 0 radical (unpaired) electrons. The zero-order chi connectivity index (χ0) is 25.9. The molecule has 190 valence electrons. The third-order valence-corrected chi connectivity index (χ3v) is 4.88. The van der Waals surface area contributed by atoms with Gasteiger partial charge in [-0.25, -0.2) is 0 Å². The van der Waals surface area contributed by atoms with Crippen LogP contribution in [0.2, 0.25) is 0 Å². The highest BCUT2D eigenvalue weighted by atomic mass is 16.6. The molecule has 0 amide bonds. The second-order valence-electron chi connectivity index (χ2n) is 11.3. The van der Waals surface area contributed by atoms with E-state index in [1.807, 2.05) is 0 Å². The van der Waals surface area contributed by atoms with Crippen LogP contribution in [-0.2, 0) is 42.9 Å². The molecule has 10 heteroatoms. The molecule has 0 aromatic rings. The number of ether oxygens (including phenoxy) is 5. The monoisotopic (exact) mass is 473 g/mol. The smallest absolute Gasteiger partial charge is 0.325 e. The van der Waals surface area contributed by atoms with Gasteiger partial charge in [0.05, 0.1) is 30.0 Å². The molecule has 0 bridgehead atoms. The maximum absolute atomic E-state index is 12.8. The van der Waals surface area contributed by atoms with Gasteiger partial charge in [-0.2, -0.15) is 0 Å². The van der Waals surface area contributed by atoms with Crippen molar-refractivity contribution in [2.45, 2.75) is 92.8 Å². The third kappa shape index (κ3) is 7.67. The summed E-state index contributed by atoms with van der Waals surface area (Å²) in [4.78, 5) is 50.3. The van der Waals surface area contributed by atoms with Crippen LogP contribution in [0.15, 0.2) is 0 Å². The Bertz CT molecular complexity index is 743. The Morgan fingerprint density at radius 2 is 1.15 bits per heavy atom. The van der Waals surface area contributed by atoms with Crippen LogP contribution in [0.4, 0.5) is 0 Å². The first kappa shape index (κ1) is 28.8. The minimum atomic E-state index is -1.34. The van der Waals surface area contributed by atoms with E-state index in [4.69, 9.17) is 29.4 Å². The predicted molar refractivity (Wildman–Crippen MR) is 118 cm³/mol. The summed E-state index contributed by atoms with van der Waals surface area (Å²) >= 11 is 0. The lowest BCUT2D eigenvalue weighted by molar-refractivity contribution is -0.238. The molecule has 0 spiro atoms. The van der Waals surface area contributed by atoms with Crippen LogP contribution in [0.3, 0.4) is 0 Å². The molecule has 1 rings (SSSR count). The number of rotatable bonds is 5. The van der Waals surface area contributed by atoms with E-state index in [0.29, 0.717) is 0 Å². The van der Waals surface area contributed by atoms with Crippen LogP contribution in [0.1, 0.15) is 62.3 Å². The molecule has 0 unspecified atom stereocenters. The van der Waals surface area contributed by atoms with Gasteiger partial charge in [0.15, 0.2) is 18.3 Å². The van der Waals surface area contributed by atoms with E-state index >= 15 is 0 Å². The summed E-state index contributed by atoms with van der Waals surface area (Å²) in [5.74, 6) is -2.63. The van der Waals surface area contributed by atoms with Gasteiger partial charge in [-0.1, -0.05) is 0 Å². The molecule has 1 heterocycles. The lowest BCUT2D eigenvalue weighted by Gasteiger charge is -2.43. The van der Waals surface area contributed by atoms with E-state index in [0.717, 1.165) is 7.11 Å². The molecular weight excluding hydrogens is 434 g/mol. The molecule has 1 aliphatic rings. The number of carbonyl (C=O) groups excluding carboxylic acids is 4. The molecule has 1 fully saturated rings. The van der Waals surface area contributed by atoms with E-state index in [1.165, 1.54) is 0 Å². The number of hydrogen-bond acceptors (Lipinski definition) is 10. The quantitative estimate of drug-likeness (QED) is 0.464. The molecule has 1 saturated heterocycles. The van der Waals surface area contributed by atoms with Gasteiger partial charge in [0, 0.05) is 0 Å². The Morgan fingerprint density at radius 3 is 1.55 bits per heavy atom. The second-order valence-corrected chi connectivity index (χ2v) is 11.3. The van der Waals surface area contributed by atoms with Crippen molar-refractivity contribution < 1.29 is 42.9 Å². The summed E-state index contributed by atoms with van der Waals surface area (Å²) in [6.07, 6.45) is -4.89. The van der Waals surface area contributed by atoms with E-state index < -0.39 is 70.6 Å². The summed E-state index contributed by atoms with van der Waals surface area (Å²) in [7, 11) is 1.16. The van der Waals surface area contributed by atoms with Crippen LogP contribution in [0, 0.1) is 16.2 Å². The van der Waals surface area contributed by atoms with Crippen LogP contribution in [0.25, 0.3) is 0 Å². The number of methoxy groups -OCH3 is 1. The van der Waals surface area contributed by atoms with Gasteiger partial charge in [0.1, 0.15) is 12.1 Å². The summed E-state index contributed by atoms with van der Waals surface area (Å²) < 4.78 is 27.5. The summed E-state index contributed by atoms with van der Waals surface area (Å²) in [6, 6.07) is -1.34. The topological polar surface area (TPSA) is 140 Å². The number of nitrogens with two attached hydrogens (primary N) is 1. The van der Waals surface area contributed by atoms with Crippen LogP contribution in [-0.4, -0.2) is 68.1 Å². The van der Waals surface area contributed by atoms with E-state index in [1.54, 1.807) is 62.3 Å². The molecule has 5 atom stereocenters. The van der Waals surface area contributed by atoms with Crippen molar-refractivity contribution in [1.29, 1.82) is 0 Å². The van der Waals surface area contributed by atoms with Gasteiger partial charge < -0.3 is 29.4 Å². The molecule has 2 N–H and O–H groups in total. The highest BCUT2D eigenvalue weighted by molar-refractivity contribution is 5.79. The average Bonchev–Trinajstić information content (AvgIpc) is 2.66. The standard InChI is InChI=1S/C23H39NO9/c1-21(2,3)18(26)31-12-11-30-15(13(24)17(25)29-10)16(33-20(28)23(7,8)9)14(12)32-19(27)22(4,5)6/h12-16H,11,24H2,1-10H3/t12-,13-,14-,15-,16+/m0/s1. The van der Waals surface area contributed by atoms with Gasteiger partial charge in [0.25, 0.3) is 0 Å². The Hall–Kier alpha value is -2.20. The number of hydrogen-bond donors (Lipinski definition) is 1. The molecule has 0 aliphatic carbocycles. The first-order chi connectivity index (χ1) is 14.8. The molecule has 0 saturated carbocycles. The highest BCUT2D eigenvalue weighted by Gasteiger charge is 2.52. The van der Waals surface area contributed by atoms with Gasteiger partial charge in [0.2, 0.25) is 0 Å². The van der Waals surface area contributed by atoms with E-state index in [9.17, 15) is 19.2 Å². The van der Waals surface area contributed by atoms with E-state index in [2.05, 4.69) is 0 Å². The minimum Gasteiger partial charge on any atom is -0.468 e. The largest absolute Gasteiger partial charge is 0.468 e. The molecule has 1 aliphatic heterocycles. The van der Waals surface area contributed by atoms with Gasteiger partial charge in [-0.15, -0.1) is 0 Å². The Kier molecular flexibility index (Phi) is 9.07. The van der Waals surface area contributed by atoms with Crippen molar-refractivity contribution >= 4 is 23.9 Å². The third-order valence-electron chi connectivity index (χ3n) is 4.88.